The number of carboxylic acid groups (broad SMARTS) is 1. The number of aliphatic hydroxyl groups excluding tert-OH is 1. The second-order valence-corrected chi connectivity index (χ2v) is 1.16. The van der Waals surface area contributed by atoms with Crippen molar-refractivity contribution in [1.29, 1.82) is 0 Å². The predicted octanol–water partition coefficient (Wildman–Crippen LogP) is 2.15. The summed E-state index contributed by atoms with van der Waals surface area (Å²) in [6, 6.07) is 0. The van der Waals surface area contributed by atoms with Gasteiger partial charge < -0.3 is 10.2 Å². The van der Waals surface area contributed by atoms with Crippen molar-refractivity contribution in [2.75, 3.05) is 0 Å². The molecule has 4 heteroatoms. The lowest BCUT2D eigenvalue weighted by Crippen LogP contribution is -1.78. The number of carbonyl (C=O) groups is 1. The van der Waals surface area contributed by atoms with E-state index in [0.29, 0.717) is 0 Å². The zero-order valence-electron chi connectivity index (χ0n) is 5.75. The topological polar surface area (TPSA) is 57.5 Å². The maximum Gasteiger partial charge on any atom is 0.300 e. The fourth-order valence-electron chi connectivity index (χ4n) is 0. The molecule has 0 aromatic rings. The van der Waals surface area contributed by atoms with E-state index >= 15 is 0 Å². The zero-order valence-corrected chi connectivity index (χ0v) is 6.51. The Balaban J connectivity index is -0.0000000750. The lowest BCUT2D eigenvalue weighted by Gasteiger charge is -1.59. The minimum absolute atomic E-state index is 0.750. The van der Waals surface area contributed by atoms with Crippen LogP contribution in [0.4, 0.5) is 0 Å². The fraction of sp³-hybridized carbons (Fsp3) is 0.167. The fourth-order valence-corrected chi connectivity index (χ4v) is 0. The van der Waals surface area contributed by atoms with Crippen molar-refractivity contribution in [3.63, 3.8) is 0 Å². The average Bonchev–Trinajstić information content (AvgIpc) is 1.65. The van der Waals surface area contributed by atoms with Gasteiger partial charge in [-0.05, 0) is 5.54 Å². The van der Waals surface area contributed by atoms with Crippen LogP contribution in [0.2, 0.25) is 0 Å². The maximum atomic E-state index is 9.00. The molecule has 0 saturated carbocycles. The summed E-state index contributed by atoms with van der Waals surface area (Å²) in [5, 5.41) is 14.8. The molecular formula is C6H11ClO3. The summed E-state index contributed by atoms with van der Waals surface area (Å²) in [5.41, 5.74) is 1.22. The van der Waals surface area contributed by atoms with Gasteiger partial charge in [0.15, 0.2) is 0 Å². The second kappa shape index (κ2) is 24.4. The molecule has 0 spiro atoms. The highest BCUT2D eigenvalue weighted by atomic mass is 35.5. The molecule has 60 valence electrons. The standard InChI is InChI=1S/C2H3Cl.C2H4O2.C2H4O/c1-2-3;1-2(3)4;1-2-3/h2H,1H2;1H3,(H,3,4);2-3H,1H2. The molecule has 0 aromatic carbocycles. The Bertz CT molecular complexity index is 81.0. The Morgan fingerprint density at radius 2 is 1.60 bits per heavy atom. The smallest absolute Gasteiger partial charge is 0.300 e. The summed E-state index contributed by atoms with van der Waals surface area (Å²) >= 11 is 4.76. The van der Waals surface area contributed by atoms with Crippen LogP contribution >= 0.6 is 11.6 Å². The first kappa shape index (κ1) is 16.0. The summed E-state index contributed by atoms with van der Waals surface area (Å²) in [4.78, 5) is 9.00. The Labute approximate surface area is 65.2 Å². The van der Waals surface area contributed by atoms with Crippen LogP contribution in [0.1, 0.15) is 6.92 Å². The first-order chi connectivity index (χ1) is 4.56. The van der Waals surface area contributed by atoms with Gasteiger partial charge >= 0.3 is 0 Å². The second-order valence-electron chi connectivity index (χ2n) is 0.856. The Morgan fingerprint density at radius 1 is 1.60 bits per heavy atom. The van der Waals surface area contributed by atoms with Crippen molar-refractivity contribution in [1.82, 2.24) is 0 Å². The van der Waals surface area contributed by atoms with Gasteiger partial charge in [-0.25, -0.2) is 0 Å². The zero-order chi connectivity index (χ0) is 8.99. The number of aliphatic hydroxyl groups is 1. The lowest BCUT2D eigenvalue weighted by atomic mass is 10.9. The van der Waals surface area contributed by atoms with Crippen LogP contribution in [-0.4, -0.2) is 16.2 Å². The van der Waals surface area contributed by atoms with Crippen molar-refractivity contribution < 1.29 is 15.0 Å². The molecule has 0 radical (unpaired) electrons. The number of rotatable bonds is 0. The number of carboxylic acids is 1. The van der Waals surface area contributed by atoms with Gasteiger partial charge in [0.25, 0.3) is 5.97 Å². The molecule has 0 aromatic heterocycles. The third kappa shape index (κ3) is 279. The Hall–Kier alpha value is -0.960. The van der Waals surface area contributed by atoms with Crippen molar-refractivity contribution >= 4 is 17.6 Å². The molecule has 0 amide bonds. The van der Waals surface area contributed by atoms with Gasteiger partial charge in [-0.2, -0.15) is 0 Å². The normalized spacial score (nSPS) is 5.00. The monoisotopic (exact) mass is 166 g/mol. The van der Waals surface area contributed by atoms with Gasteiger partial charge in [0.05, 0.1) is 6.26 Å². The van der Waals surface area contributed by atoms with Crippen molar-refractivity contribution in [2.45, 2.75) is 6.92 Å². The summed E-state index contributed by atoms with van der Waals surface area (Å²) in [7, 11) is 0. The third-order valence-corrected chi connectivity index (χ3v) is 0. The largest absolute Gasteiger partial charge is 0.516 e. The first-order valence-electron chi connectivity index (χ1n) is 2.22. The molecule has 0 fully saturated rings. The van der Waals surface area contributed by atoms with Crippen LogP contribution in [0.3, 0.4) is 0 Å². The van der Waals surface area contributed by atoms with Crippen molar-refractivity contribution in [3.8, 4) is 0 Å². The summed E-state index contributed by atoms with van der Waals surface area (Å²) in [6.07, 6.45) is 0.750. The SMILES string of the molecule is C=CCl.C=CO.CC(=O)O. The number of aliphatic carboxylic acids is 1. The molecule has 3 nitrogen and oxygen atoms in total. The van der Waals surface area contributed by atoms with Crippen LogP contribution in [-0.2, 0) is 4.79 Å². The molecular weight excluding hydrogens is 156 g/mol. The molecule has 0 rings (SSSR count). The molecule has 0 aliphatic rings. The van der Waals surface area contributed by atoms with Gasteiger partial charge in [-0.15, -0.1) is 0 Å². The van der Waals surface area contributed by atoms with Crippen molar-refractivity contribution in [3.05, 3.63) is 25.0 Å². The molecule has 2 N–H and O–H groups in total. The Morgan fingerprint density at radius 3 is 1.60 bits per heavy atom. The summed E-state index contributed by atoms with van der Waals surface area (Å²) in [6.45, 7) is 7.13. The highest BCUT2D eigenvalue weighted by Crippen LogP contribution is 1.60. The molecule has 10 heavy (non-hydrogen) atoms. The average molecular weight is 167 g/mol. The number of hydrogen-bond donors (Lipinski definition) is 2. The van der Waals surface area contributed by atoms with Gasteiger partial charge in [0, 0.05) is 6.92 Å². The van der Waals surface area contributed by atoms with Crippen LogP contribution in [0.15, 0.2) is 25.0 Å². The molecule has 0 saturated heterocycles. The van der Waals surface area contributed by atoms with Crippen LogP contribution in [0.25, 0.3) is 0 Å². The lowest BCUT2D eigenvalue weighted by molar-refractivity contribution is -0.134. The van der Waals surface area contributed by atoms with Crippen LogP contribution < -0.4 is 0 Å². The van der Waals surface area contributed by atoms with Crippen LogP contribution in [0.5, 0.6) is 0 Å². The van der Waals surface area contributed by atoms with Gasteiger partial charge in [-0.1, -0.05) is 24.8 Å². The van der Waals surface area contributed by atoms with E-state index < -0.39 is 5.97 Å². The first-order valence-corrected chi connectivity index (χ1v) is 2.66. The molecule has 0 aliphatic heterocycles. The van der Waals surface area contributed by atoms with E-state index in [1.807, 2.05) is 0 Å². The quantitative estimate of drug-likeness (QED) is 0.542. The number of hydrogen-bond acceptors (Lipinski definition) is 2. The molecule has 0 aliphatic carbocycles. The summed E-state index contributed by atoms with van der Waals surface area (Å²) < 4.78 is 0. The minimum Gasteiger partial charge on any atom is -0.516 e. The van der Waals surface area contributed by atoms with Gasteiger partial charge in [0.2, 0.25) is 0 Å². The predicted molar refractivity (Wildman–Crippen MR) is 42.2 cm³/mol. The van der Waals surface area contributed by atoms with E-state index in [9.17, 15) is 0 Å². The van der Waals surface area contributed by atoms with E-state index in [2.05, 4.69) is 13.2 Å². The Kier molecular flexibility index (Phi) is 39.1. The summed E-state index contributed by atoms with van der Waals surface area (Å²) in [5.74, 6) is -0.833. The molecule has 0 unspecified atom stereocenters. The number of halogens is 1. The minimum atomic E-state index is -0.833. The molecule has 0 atom stereocenters. The van der Waals surface area contributed by atoms with Crippen LogP contribution in [0, 0.1) is 0 Å². The van der Waals surface area contributed by atoms with Crippen molar-refractivity contribution in [2.24, 2.45) is 0 Å². The van der Waals surface area contributed by atoms with E-state index in [-0.39, 0.29) is 0 Å². The van der Waals surface area contributed by atoms with E-state index in [1.165, 1.54) is 5.54 Å². The maximum absolute atomic E-state index is 9.00. The van der Waals surface area contributed by atoms with E-state index in [4.69, 9.17) is 26.6 Å². The molecule has 0 heterocycles. The van der Waals surface area contributed by atoms with Gasteiger partial charge in [0.1, 0.15) is 0 Å². The highest BCUT2D eigenvalue weighted by molar-refractivity contribution is 6.25. The van der Waals surface area contributed by atoms with Gasteiger partial charge in [-0.3, -0.25) is 4.79 Å². The highest BCUT2D eigenvalue weighted by Gasteiger charge is 1.65. The van der Waals surface area contributed by atoms with E-state index in [1.54, 1.807) is 0 Å². The van der Waals surface area contributed by atoms with E-state index in [0.717, 1.165) is 13.2 Å². The molecule has 0 bridgehead atoms. The third-order valence-electron chi connectivity index (χ3n) is 0.